The van der Waals surface area contributed by atoms with Gasteiger partial charge in [0.2, 0.25) is 0 Å². The van der Waals surface area contributed by atoms with E-state index < -0.39 is 0 Å². The van der Waals surface area contributed by atoms with Gasteiger partial charge in [0.15, 0.2) is 5.78 Å². The molecule has 0 aliphatic heterocycles. The number of methoxy groups -OCH3 is 1. The molecule has 3 aromatic rings. The van der Waals surface area contributed by atoms with Gasteiger partial charge in [-0.15, -0.1) is 0 Å². The van der Waals surface area contributed by atoms with Crippen molar-refractivity contribution < 1.29 is 9.53 Å². The van der Waals surface area contributed by atoms with Crippen molar-refractivity contribution in [3.63, 3.8) is 0 Å². The Morgan fingerprint density at radius 3 is 2.52 bits per heavy atom. The molecule has 0 amide bonds. The second kappa shape index (κ2) is 7.55. The van der Waals surface area contributed by atoms with Crippen LogP contribution in [0.3, 0.4) is 0 Å². The van der Waals surface area contributed by atoms with Crippen LogP contribution in [-0.2, 0) is 0 Å². The highest BCUT2D eigenvalue weighted by Gasteiger charge is 2.06. The number of carbonyl (C=O) groups is 1. The first-order valence-electron chi connectivity index (χ1n) is 7.44. The predicted molar refractivity (Wildman–Crippen MR) is 100 cm³/mol. The van der Waals surface area contributed by atoms with Gasteiger partial charge in [0.25, 0.3) is 0 Å². The van der Waals surface area contributed by atoms with Crippen molar-refractivity contribution in [2.24, 2.45) is 0 Å². The highest BCUT2D eigenvalue weighted by atomic mass is 35.5. The maximum absolute atomic E-state index is 12.2. The number of hydrogen-bond acceptors (Lipinski definition) is 3. The fourth-order valence-corrected chi connectivity index (χ4v) is 2.54. The molecule has 1 aromatic heterocycles. The average molecular weight is 373 g/mol. The minimum Gasteiger partial charge on any atom is -0.497 e. The number of aromatic nitrogens is 2. The number of hydrogen-bond donors (Lipinski definition) is 1. The van der Waals surface area contributed by atoms with Crippen LogP contribution >= 0.6 is 23.2 Å². The quantitative estimate of drug-likeness (QED) is 0.489. The molecule has 0 fully saturated rings. The fraction of sp³-hybridized carbons (Fsp3) is 0.0526. The lowest BCUT2D eigenvalue weighted by Crippen LogP contribution is -1.93. The van der Waals surface area contributed by atoms with Crippen molar-refractivity contribution in [3.8, 4) is 17.0 Å². The van der Waals surface area contributed by atoms with Gasteiger partial charge in [-0.25, -0.2) is 0 Å². The Balaban J connectivity index is 1.74. The Morgan fingerprint density at radius 2 is 1.84 bits per heavy atom. The summed E-state index contributed by atoms with van der Waals surface area (Å²) in [7, 11) is 1.62. The van der Waals surface area contributed by atoms with Crippen LogP contribution in [0.15, 0.2) is 54.6 Å². The molecule has 0 spiro atoms. The largest absolute Gasteiger partial charge is 0.497 e. The van der Waals surface area contributed by atoms with E-state index in [4.69, 9.17) is 27.9 Å². The maximum Gasteiger partial charge on any atom is 0.185 e. The number of halogens is 2. The van der Waals surface area contributed by atoms with Crippen LogP contribution in [0.2, 0.25) is 10.0 Å². The molecule has 3 rings (SSSR count). The highest BCUT2D eigenvalue weighted by Crippen LogP contribution is 2.24. The topological polar surface area (TPSA) is 55.0 Å². The minimum absolute atomic E-state index is 0.167. The number of rotatable bonds is 5. The summed E-state index contributed by atoms with van der Waals surface area (Å²) in [5.41, 5.74) is 2.93. The lowest BCUT2D eigenvalue weighted by molar-refractivity contribution is 0.104. The van der Waals surface area contributed by atoms with Gasteiger partial charge >= 0.3 is 0 Å². The second-order valence-corrected chi connectivity index (χ2v) is 6.08. The van der Waals surface area contributed by atoms with E-state index in [1.165, 1.54) is 6.08 Å². The van der Waals surface area contributed by atoms with Crippen molar-refractivity contribution in [1.29, 1.82) is 0 Å². The smallest absolute Gasteiger partial charge is 0.185 e. The van der Waals surface area contributed by atoms with E-state index in [1.807, 2.05) is 30.3 Å². The van der Waals surface area contributed by atoms with Crippen LogP contribution in [-0.4, -0.2) is 23.1 Å². The van der Waals surface area contributed by atoms with Crippen molar-refractivity contribution in [2.45, 2.75) is 0 Å². The molecule has 0 atom stereocenters. The summed E-state index contributed by atoms with van der Waals surface area (Å²) < 4.78 is 5.14. The number of benzene rings is 2. The van der Waals surface area contributed by atoms with Crippen LogP contribution in [0.4, 0.5) is 0 Å². The van der Waals surface area contributed by atoms with Crippen molar-refractivity contribution in [3.05, 3.63) is 75.9 Å². The standard InChI is InChI=1S/C19H14Cl2N2O2/c1-25-15-6-2-12(3-7-15)18-11-14(22-23-18)5-9-19(24)13-4-8-16(20)17(21)10-13/h2-11H,1H3,(H,22,23). The minimum atomic E-state index is -0.167. The van der Waals surface area contributed by atoms with Gasteiger partial charge in [-0.05, 0) is 60.7 Å². The number of H-pyrrole nitrogens is 1. The SMILES string of the molecule is COc1ccc(-c2cc(C=CC(=O)c3ccc(Cl)c(Cl)c3)[nH]n2)cc1. The number of allylic oxidation sites excluding steroid dienone is 1. The molecule has 2 aromatic carbocycles. The molecule has 4 nitrogen and oxygen atoms in total. The molecular formula is C19H14Cl2N2O2. The van der Waals surface area contributed by atoms with Gasteiger partial charge in [-0.3, -0.25) is 9.89 Å². The summed E-state index contributed by atoms with van der Waals surface area (Å²) in [4.78, 5) is 12.2. The number of ketones is 1. The Labute approximate surface area is 155 Å². The summed E-state index contributed by atoms with van der Waals surface area (Å²) in [6.07, 6.45) is 3.13. The zero-order valence-corrected chi connectivity index (χ0v) is 14.8. The van der Waals surface area contributed by atoms with Gasteiger partial charge in [0.05, 0.1) is 28.5 Å². The molecular weight excluding hydrogens is 359 g/mol. The van der Waals surface area contributed by atoms with Crippen LogP contribution < -0.4 is 4.74 Å². The molecule has 6 heteroatoms. The molecule has 0 aliphatic rings. The Hall–Kier alpha value is -2.56. The third kappa shape index (κ3) is 4.10. The lowest BCUT2D eigenvalue weighted by Gasteiger charge is -1.99. The van der Waals surface area contributed by atoms with Gasteiger partial charge in [-0.1, -0.05) is 23.2 Å². The van der Waals surface area contributed by atoms with Crippen LogP contribution in [0.25, 0.3) is 17.3 Å². The number of ether oxygens (including phenoxy) is 1. The zero-order valence-electron chi connectivity index (χ0n) is 13.3. The Morgan fingerprint density at radius 1 is 1.08 bits per heavy atom. The van der Waals surface area contributed by atoms with Gasteiger partial charge < -0.3 is 4.74 Å². The lowest BCUT2D eigenvalue weighted by atomic mass is 10.1. The van der Waals surface area contributed by atoms with E-state index in [0.29, 0.717) is 15.6 Å². The third-order valence-corrected chi connectivity index (χ3v) is 4.34. The van der Waals surface area contributed by atoms with Crippen molar-refractivity contribution in [2.75, 3.05) is 7.11 Å². The van der Waals surface area contributed by atoms with Crippen molar-refractivity contribution in [1.82, 2.24) is 10.2 Å². The monoisotopic (exact) mass is 372 g/mol. The maximum atomic E-state index is 12.2. The van der Waals surface area contributed by atoms with E-state index in [-0.39, 0.29) is 5.78 Å². The summed E-state index contributed by atoms with van der Waals surface area (Å²) in [5.74, 6) is 0.616. The van der Waals surface area contributed by atoms with E-state index in [9.17, 15) is 4.79 Å². The van der Waals surface area contributed by atoms with Crippen LogP contribution in [0.1, 0.15) is 16.1 Å². The van der Waals surface area contributed by atoms with E-state index in [0.717, 1.165) is 22.7 Å². The molecule has 0 saturated carbocycles. The second-order valence-electron chi connectivity index (χ2n) is 5.26. The average Bonchev–Trinajstić information content (AvgIpc) is 3.11. The first-order valence-corrected chi connectivity index (χ1v) is 8.20. The Kier molecular flexibility index (Phi) is 5.22. The predicted octanol–water partition coefficient (Wildman–Crippen LogP) is 5.29. The Bertz CT molecular complexity index is 931. The molecule has 1 heterocycles. The number of aromatic amines is 1. The first-order chi connectivity index (χ1) is 12.1. The molecule has 1 N–H and O–H groups in total. The summed E-state index contributed by atoms with van der Waals surface area (Å²) >= 11 is 11.8. The van der Waals surface area contributed by atoms with Gasteiger partial charge in [0.1, 0.15) is 5.75 Å². The summed E-state index contributed by atoms with van der Waals surface area (Å²) in [5, 5.41) is 7.91. The van der Waals surface area contributed by atoms with Crippen LogP contribution in [0, 0.1) is 0 Å². The number of nitrogens with one attached hydrogen (secondary N) is 1. The molecule has 0 radical (unpaired) electrons. The van der Waals surface area contributed by atoms with E-state index in [2.05, 4.69) is 10.2 Å². The molecule has 0 unspecified atom stereocenters. The van der Waals surface area contributed by atoms with Crippen LogP contribution in [0.5, 0.6) is 5.75 Å². The van der Waals surface area contributed by atoms with Crippen molar-refractivity contribution >= 4 is 35.1 Å². The molecule has 0 bridgehead atoms. The van der Waals surface area contributed by atoms with E-state index in [1.54, 1.807) is 31.4 Å². The zero-order chi connectivity index (χ0) is 17.8. The highest BCUT2D eigenvalue weighted by molar-refractivity contribution is 6.42. The van der Waals surface area contributed by atoms with E-state index >= 15 is 0 Å². The third-order valence-electron chi connectivity index (χ3n) is 3.60. The molecule has 126 valence electrons. The number of carbonyl (C=O) groups excluding carboxylic acids is 1. The first kappa shape index (κ1) is 17.3. The summed E-state index contributed by atoms with van der Waals surface area (Å²) in [6, 6.07) is 14.2. The number of nitrogens with zero attached hydrogens (tertiary/aromatic N) is 1. The normalized spacial score (nSPS) is 11.0. The molecule has 0 aliphatic carbocycles. The van der Waals surface area contributed by atoms with Gasteiger partial charge in [-0.2, -0.15) is 5.10 Å². The fourth-order valence-electron chi connectivity index (χ4n) is 2.24. The molecule has 25 heavy (non-hydrogen) atoms. The summed E-state index contributed by atoms with van der Waals surface area (Å²) in [6.45, 7) is 0. The molecule has 0 saturated heterocycles. The van der Waals surface area contributed by atoms with Gasteiger partial charge in [0, 0.05) is 11.1 Å².